The lowest BCUT2D eigenvalue weighted by Gasteiger charge is -2.02. The first-order valence-electron chi connectivity index (χ1n) is 5.81. The molecule has 19 heavy (non-hydrogen) atoms. The second-order valence-electron chi connectivity index (χ2n) is 3.99. The molecule has 0 saturated carbocycles. The Hall–Kier alpha value is -2.42. The van der Waals surface area contributed by atoms with Crippen molar-refractivity contribution >= 4 is 12.0 Å². The largest absolute Gasteiger partial charge is 0.466 e. The Labute approximate surface area is 111 Å². The van der Waals surface area contributed by atoms with E-state index in [4.69, 9.17) is 0 Å². The quantitative estimate of drug-likeness (QED) is 0.618. The monoisotopic (exact) mass is 256 g/mol. The van der Waals surface area contributed by atoms with Crippen molar-refractivity contribution in [3.8, 4) is 11.1 Å². The van der Waals surface area contributed by atoms with E-state index in [0.717, 1.165) is 16.7 Å². The SMILES string of the molecule is COC(=O)/C=C/c1ccc(-c2ccc(F)cc2)cc1. The van der Waals surface area contributed by atoms with Gasteiger partial charge in [0.15, 0.2) is 0 Å². The van der Waals surface area contributed by atoms with Crippen LogP contribution in [0.2, 0.25) is 0 Å². The number of rotatable bonds is 3. The van der Waals surface area contributed by atoms with Gasteiger partial charge >= 0.3 is 5.97 Å². The van der Waals surface area contributed by atoms with Crippen LogP contribution in [0.25, 0.3) is 17.2 Å². The Morgan fingerprint density at radius 2 is 1.53 bits per heavy atom. The predicted molar refractivity (Wildman–Crippen MR) is 72.9 cm³/mol. The van der Waals surface area contributed by atoms with Crippen LogP contribution >= 0.6 is 0 Å². The zero-order valence-electron chi connectivity index (χ0n) is 10.5. The van der Waals surface area contributed by atoms with E-state index in [1.165, 1.54) is 25.3 Å². The van der Waals surface area contributed by atoms with E-state index in [1.54, 1.807) is 18.2 Å². The fraction of sp³-hybridized carbons (Fsp3) is 0.0625. The van der Waals surface area contributed by atoms with E-state index in [-0.39, 0.29) is 11.8 Å². The van der Waals surface area contributed by atoms with E-state index < -0.39 is 0 Å². The summed E-state index contributed by atoms with van der Waals surface area (Å²) in [7, 11) is 1.34. The molecule has 0 spiro atoms. The van der Waals surface area contributed by atoms with Gasteiger partial charge in [-0.2, -0.15) is 0 Å². The topological polar surface area (TPSA) is 26.3 Å². The molecule has 0 radical (unpaired) electrons. The number of carbonyl (C=O) groups is 1. The summed E-state index contributed by atoms with van der Waals surface area (Å²) in [4.78, 5) is 11.0. The van der Waals surface area contributed by atoms with Crippen molar-refractivity contribution in [3.63, 3.8) is 0 Å². The molecule has 2 aromatic carbocycles. The molecule has 0 aliphatic heterocycles. The van der Waals surface area contributed by atoms with Gasteiger partial charge < -0.3 is 4.74 Å². The third kappa shape index (κ3) is 3.52. The van der Waals surface area contributed by atoms with Gasteiger partial charge in [0.25, 0.3) is 0 Å². The van der Waals surface area contributed by atoms with Crippen LogP contribution in [0.5, 0.6) is 0 Å². The number of methoxy groups -OCH3 is 1. The molecular weight excluding hydrogens is 243 g/mol. The molecule has 0 N–H and O–H groups in total. The van der Waals surface area contributed by atoms with E-state index in [9.17, 15) is 9.18 Å². The molecule has 0 atom stereocenters. The van der Waals surface area contributed by atoms with Crippen molar-refractivity contribution in [3.05, 3.63) is 66.0 Å². The van der Waals surface area contributed by atoms with Crippen LogP contribution in [0, 0.1) is 5.82 Å². The van der Waals surface area contributed by atoms with Crippen LogP contribution in [-0.2, 0) is 9.53 Å². The molecule has 0 amide bonds. The average Bonchev–Trinajstić information content (AvgIpc) is 2.46. The number of hydrogen-bond donors (Lipinski definition) is 0. The molecule has 2 nitrogen and oxygen atoms in total. The third-order valence-corrected chi connectivity index (χ3v) is 2.70. The number of benzene rings is 2. The summed E-state index contributed by atoms with van der Waals surface area (Å²) in [6.45, 7) is 0. The van der Waals surface area contributed by atoms with Crippen LogP contribution in [0.15, 0.2) is 54.6 Å². The van der Waals surface area contributed by atoms with Crippen LogP contribution < -0.4 is 0 Å². The Morgan fingerprint density at radius 1 is 1.00 bits per heavy atom. The fourth-order valence-electron chi connectivity index (χ4n) is 1.66. The summed E-state index contributed by atoms with van der Waals surface area (Å²) >= 11 is 0. The second-order valence-corrected chi connectivity index (χ2v) is 3.99. The molecule has 2 rings (SSSR count). The van der Waals surface area contributed by atoms with Crippen LogP contribution in [0.4, 0.5) is 4.39 Å². The maximum absolute atomic E-state index is 12.8. The Bertz CT molecular complexity index is 583. The molecule has 0 saturated heterocycles. The summed E-state index contributed by atoms with van der Waals surface area (Å²) in [5.41, 5.74) is 2.84. The Morgan fingerprint density at radius 3 is 2.05 bits per heavy atom. The van der Waals surface area contributed by atoms with Crippen molar-refractivity contribution < 1.29 is 13.9 Å². The van der Waals surface area contributed by atoms with Gasteiger partial charge in [-0.15, -0.1) is 0 Å². The number of esters is 1. The van der Waals surface area contributed by atoms with Crippen molar-refractivity contribution in [1.29, 1.82) is 0 Å². The van der Waals surface area contributed by atoms with E-state index in [2.05, 4.69) is 4.74 Å². The summed E-state index contributed by atoms with van der Waals surface area (Å²) < 4.78 is 17.3. The smallest absolute Gasteiger partial charge is 0.330 e. The van der Waals surface area contributed by atoms with E-state index in [0.29, 0.717) is 0 Å². The van der Waals surface area contributed by atoms with Gasteiger partial charge in [0, 0.05) is 6.08 Å². The van der Waals surface area contributed by atoms with Gasteiger partial charge in [0.2, 0.25) is 0 Å². The van der Waals surface area contributed by atoms with E-state index >= 15 is 0 Å². The van der Waals surface area contributed by atoms with Crippen LogP contribution in [-0.4, -0.2) is 13.1 Å². The van der Waals surface area contributed by atoms with E-state index in [1.807, 2.05) is 24.3 Å². The minimum atomic E-state index is -0.386. The van der Waals surface area contributed by atoms with Crippen molar-refractivity contribution in [2.24, 2.45) is 0 Å². The van der Waals surface area contributed by atoms with Crippen molar-refractivity contribution in [1.82, 2.24) is 0 Å². The highest BCUT2D eigenvalue weighted by molar-refractivity contribution is 5.87. The molecule has 2 aromatic rings. The third-order valence-electron chi connectivity index (χ3n) is 2.70. The van der Waals surface area contributed by atoms with Gasteiger partial charge in [-0.1, -0.05) is 36.4 Å². The van der Waals surface area contributed by atoms with Crippen molar-refractivity contribution in [2.45, 2.75) is 0 Å². The lowest BCUT2D eigenvalue weighted by atomic mass is 10.0. The maximum Gasteiger partial charge on any atom is 0.330 e. The first-order valence-corrected chi connectivity index (χ1v) is 5.81. The van der Waals surface area contributed by atoms with Gasteiger partial charge in [0.1, 0.15) is 5.82 Å². The summed E-state index contributed by atoms with van der Waals surface area (Å²) in [5, 5.41) is 0. The molecule has 0 unspecified atom stereocenters. The molecule has 0 aliphatic carbocycles. The van der Waals surface area contributed by atoms with Gasteiger partial charge in [-0.3, -0.25) is 0 Å². The molecular formula is C16H13FO2. The maximum atomic E-state index is 12.8. The summed E-state index contributed by atoms with van der Waals surface area (Å²) in [6.07, 6.45) is 3.05. The molecule has 3 heteroatoms. The normalized spacial score (nSPS) is 10.6. The lowest BCUT2D eigenvalue weighted by molar-refractivity contribution is -0.134. The molecule has 0 aliphatic rings. The zero-order chi connectivity index (χ0) is 13.7. The summed E-state index contributed by atoms with van der Waals surface area (Å²) in [6, 6.07) is 13.9. The van der Waals surface area contributed by atoms with Gasteiger partial charge in [-0.05, 0) is 34.9 Å². The highest BCUT2D eigenvalue weighted by Crippen LogP contribution is 2.20. The average molecular weight is 256 g/mol. The molecule has 0 fully saturated rings. The number of halogens is 1. The highest BCUT2D eigenvalue weighted by atomic mass is 19.1. The molecule has 0 bridgehead atoms. The van der Waals surface area contributed by atoms with Crippen LogP contribution in [0.1, 0.15) is 5.56 Å². The Kier molecular flexibility index (Phi) is 4.08. The van der Waals surface area contributed by atoms with Crippen LogP contribution in [0.3, 0.4) is 0 Å². The zero-order valence-corrected chi connectivity index (χ0v) is 10.5. The minimum Gasteiger partial charge on any atom is -0.466 e. The highest BCUT2D eigenvalue weighted by Gasteiger charge is 1.98. The standard InChI is InChI=1S/C16H13FO2/c1-19-16(18)11-4-12-2-5-13(6-3-12)14-7-9-15(17)10-8-14/h2-11H,1H3/b11-4+. The predicted octanol–water partition coefficient (Wildman–Crippen LogP) is 3.68. The molecule has 0 heterocycles. The summed E-state index contributed by atoms with van der Waals surface area (Å²) in [5.74, 6) is -0.635. The fourth-order valence-corrected chi connectivity index (χ4v) is 1.66. The molecule has 96 valence electrons. The van der Waals surface area contributed by atoms with Gasteiger partial charge in [0.05, 0.1) is 7.11 Å². The lowest BCUT2D eigenvalue weighted by Crippen LogP contribution is -1.93. The first kappa shape index (κ1) is 13.0. The number of carbonyl (C=O) groups excluding carboxylic acids is 1. The second kappa shape index (κ2) is 5.96. The van der Waals surface area contributed by atoms with Gasteiger partial charge in [-0.25, -0.2) is 9.18 Å². The molecule has 0 aromatic heterocycles. The minimum absolute atomic E-state index is 0.249. The van der Waals surface area contributed by atoms with Crippen molar-refractivity contribution in [2.75, 3.05) is 7.11 Å². The number of hydrogen-bond acceptors (Lipinski definition) is 2. The first-order chi connectivity index (χ1) is 9.19. The Balaban J connectivity index is 2.16. The number of ether oxygens (including phenoxy) is 1.